The van der Waals surface area contributed by atoms with Crippen molar-refractivity contribution in [1.29, 1.82) is 0 Å². The smallest absolute Gasteiger partial charge is 0.303 e. The summed E-state index contributed by atoms with van der Waals surface area (Å²) >= 11 is 0. The van der Waals surface area contributed by atoms with Gasteiger partial charge in [-0.1, -0.05) is 30.7 Å². The largest absolute Gasteiger partial charge is 0.481 e. The SMILES string of the molecule is Cc1ccc2c(c1)C(CC(=O)O)CC(C)C2. The summed E-state index contributed by atoms with van der Waals surface area (Å²) in [6.07, 6.45) is 2.36. The summed E-state index contributed by atoms with van der Waals surface area (Å²) in [6, 6.07) is 6.44. The molecule has 2 unspecified atom stereocenters. The molecule has 0 spiro atoms. The van der Waals surface area contributed by atoms with Gasteiger partial charge in [0, 0.05) is 0 Å². The number of rotatable bonds is 2. The molecule has 2 heteroatoms. The van der Waals surface area contributed by atoms with E-state index >= 15 is 0 Å². The Labute approximate surface area is 96.3 Å². The van der Waals surface area contributed by atoms with Gasteiger partial charge in [0.25, 0.3) is 0 Å². The van der Waals surface area contributed by atoms with Crippen LogP contribution in [0.3, 0.4) is 0 Å². The van der Waals surface area contributed by atoms with Crippen molar-refractivity contribution in [2.45, 2.75) is 39.0 Å². The summed E-state index contributed by atoms with van der Waals surface area (Å²) in [5, 5.41) is 8.95. The molecule has 0 aromatic heterocycles. The van der Waals surface area contributed by atoms with Gasteiger partial charge in [0.05, 0.1) is 6.42 Å². The molecule has 2 atom stereocenters. The predicted molar refractivity (Wildman–Crippen MR) is 63.7 cm³/mol. The van der Waals surface area contributed by atoms with E-state index in [-0.39, 0.29) is 12.3 Å². The molecule has 2 nitrogen and oxygen atoms in total. The van der Waals surface area contributed by atoms with E-state index in [2.05, 4.69) is 32.0 Å². The van der Waals surface area contributed by atoms with Crippen LogP contribution in [0.15, 0.2) is 18.2 Å². The van der Waals surface area contributed by atoms with E-state index < -0.39 is 5.97 Å². The number of carboxylic acids is 1. The van der Waals surface area contributed by atoms with Crippen molar-refractivity contribution in [3.05, 3.63) is 34.9 Å². The minimum Gasteiger partial charge on any atom is -0.481 e. The normalized spacial score (nSPS) is 23.9. The van der Waals surface area contributed by atoms with E-state index in [0.717, 1.165) is 12.8 Å². The van der Waals surface area contributed by atoms with Crippen molar-refractivity contribution >= 4 is 5.97 Å². The quantitative estimate of drug-likeness (QED) is 0.828. The van der Waals surface area contributed by atoms with E-state index in [1.165, 1.54) is 16.7 Å². The number of hydrogen-bond donors (Lipinski definition) is 1. The summed E-state index contributed by atoms with van der Waals surface area (Å²) in [6.45, 7) is 4.27. The highest BCUT2D eigenvalue weighted by atomic mass is 16.4. The lowest BCUT2D eigenvalue weighted by molar-refractivity contribution is -0.137. The highest BCUT2D eigenvalue weighted by Gasteiger charge is 2.26. The molecule has 16 heavy (non-hydrogen) atoms. The van der Waals surface area contributed by atoms with Gasteiger partial charge < -0.3 is 5.11 Å². The summed E-state index contributed by atoms with van der Waals surface area (Å²) in [4.78, 5) is 10.9. The molecule has 2 rings (SSSR count). The van der Waals surface area contributed by atoms with E-state index in [0.29, 0.717) is 5.92 Å². The number of carboxylic acid groups (broad SMARTS) is 1. The van der Waals surface area contributed by atoms with E-state index in [1.54, 1.807) is 0 Å². The number of fused-ring (bicyclic) bond motifs is 1. The maximum atomic E-state index is 10.9. The molecule has 0 aliphatic heterocycles. The second kappa shape index (κ2) is 4.28. The first-order valence-corrected chi connectivity index (χ1v) is 5.87. The summed E-state index contributed by atoms with van der Waals surface area (Å²) in [5.74, 6) is 0.113. The van der Waals surface area contributed by atoms with Gasteiger partial charge in [0.15, 0.2) is 0 Å². The molecular weight excluding hydrogens is 200 g/mol. The Bertz CT molecular complexity index is 409. The van der Waals surface area contributed by atoms with Crippen LogP contribution >= 0.6 is 0 Å². The third-order valence-electron chi connectivity index (χ3n) is 3.42. The average molecular weight is 218 g/mol. The minimum atomic E-state index is -0.688. The number of aliphatic carboxylic acids is 1. The topological polar surface area (TPSA) is 37.3 Å². The molecule has 1 aromatic carbocycles. The van der Waals surface area contributed by atoms with Gasteiger partial charge in [-0.25, -0.2) is 0 Å². The van der Waals surface area contributed by atoms with Crippen LogP contribution in [0.25, 0.3) is 0 Å². The lowest BCUT2D eigenvalue weighted by Crippen LogP contribution is -2.19. The Hall–Kier alpha value is -1.31. The monoisotopic (exact) mass is 218 g/mol. The lowest BCUT2D eigenvalue weighted by Gasteiger charge is -2.29. The van der Waals surface area contributed by atoms with Gasteiger partial charge in [-0.05, 0) is 42.7 Å². The molecule has 0 bridgehead atoms. The Morgan fingerprint density at radius 2 is 2.25 bits per heavy atom. The van der Waals surface area contributed by atoms with Gasteiger partial charge in [0.2, 0.25) is 0 Å². The van der Waals surface area contributed by atoms with Gasteiger partial charge in [-0.15, -0.1) is 0 Å². The van der Waals surface area contributed by atoms with Crippen molar-refractivity contribution in [3.8, 4) is 0 Å². The Kier molecular flexibility index (Phi) is 2.99. The van der Waals surface area contributed by atoms with Crippen LogP contribution in [0.1, 0.15) is 42.4 Å². The second-order valence-corrected chi connectivity index (χ2v) is 5.04. The van der Waals surface area contributed by atoms with Crippen molar-refractivity contribution in [3.63, 3.8) is 0 Å². The first-order chi connectivity index (χ1) is 7.56. The Morgan fingerprint density at radius 1 is 1.50 bits per heavy atom. The standard InChI is InChI=1S/C14H18O2/c1-9-3-4-11-5-10(2)6-12(8-14(15)16)13(11)7-9/h3-4,7,10,12H,5-6,8H2,1-2H3,(H,15,16). The van der Waals surface area contributed by atoms with Crippen LogP contribution in [0.4, 0.5) is 0 Å². The average Bonchev–Trinajstić information content (AvgIpc) is 2.18. The van der Waals surface area contributed by atoms with Crippen molar-refractivity contribution in [2.75, 3.05) is 0 Å². The maximum Gasteiger partial charge on any atom is 0.303 e. The molecule has 0 saturated carbocycles. The Balaban J connectivity index is 2.35. The van der Waals surface area contributed by atoms with Crippen LogP contribution < -0.4 is 0 Å². The summed E-state index contributed by atoms with van der Waals surface area (Å²) in [5.41, 5.74) is 3.83. The van der Waals surface area contributed by atoms with Crippen LogP contribution in [-0.4, -0.2) is 11.1 Å². The fourth-order valence-electron chi connectivity index (χ4n) is 2.76. The van der Waals surface area contributed by atoms with E-state index in [9.17, 15) is 4.79 Å². The molecule has 1 N–H and O–H groups in total. The lowest BCUT2D eigenvalue weighted by atomic mass is 9.76. The van der Waals surface area contributed by atoms with Gasteiger partial charge in [-0.3, -0.25) is 4.79 Å². The van der Waals surface area contributed by atoms with Crippen molar-refractivity contribution in [1.82, 2.24) is 0 Å². The number of carbonyl (C=O) groups is 1. The van der Waals surface area contributed by atoms with Crippen molar-refractivity contribution in [2.24, 2.45) is 5.92 Å². The summed E-state index contributed by atoms with van der Waals surface area (Å²) in [7, 11) is 0. The third-order valence-corrected chi connectivity index (χ3v) is 3.42. The zero-order valence-corrected chi connectivity index (χ0v) is 9.86. The first-order valence-electron chi connectivity index (χ1n) is 5.87. The number of aryl methyl sites for hydroxylation is 1. The highest BCUT2D eigenvalue weighted by Crippen LogP contribution is 2.37. The molecule has 0 radical (unpaired) electrons. The molecule has 1 aliphatic carbocycles. The Morgan fingerprint density at radius 3 is 2.94 bits per heavy atom. The molecule has 1 aliphatic rings. The molecular formula is C14H18O2. The molecule has 0 fully saturated rings. The van der Waals surface area contributed by atoms with E-state index in [4.69, 9.17) is 5.11 Å². The first kappa shape index (κ1) is 11.2. The molecule has 0 saturated heterocycles. The van der Waals surface area contributed by atoms with Gasteiger partial charge in [-0.2, -0.15) is 0 Å². The zero-order chi connectivity index (χ0) is 11.7. The summed E-state index contributed by atoms with van der Waals surface area (Å²) < 4.78 is 0. The minimum absolute atomic E-state index is 0.205. The third kappa shape index (κ3) is 2.26. The van der Waals surface area contributed by atoms with Crippen LogP contribution in [0.2, 0.25) is 0 Å². The zero-order valence-electron chi connectivity index (χ0n) is 9.86. The second-order valence-electron chi connectivity index (χ2n) is 5.04. The van der Waals surface area contributed by atoms with Crippen LogP contribution in [0, 0.1) is 12.8 Å². The van der Waals surface area contributed by atoms with Crippen LogP contribution in [0.5, 0.6) is 0 Å². The maximum absolute atomic E-state index is 10.9. The molecule has 0 heterocycles. The fraction of sp³-hybridized carbons (Fsp3) is 0.500. The molecule has 0 amide bonds. The van der Waals surface area contributed by atoms with Gasteiger partial charge in [0.1, 0.15) is 0 Å². The van der Waals surface area contributed by atoms with E-state index in [1.807, 2.05) is 0 Å². The molecule has 1 aromatic rings. The van der Waals surface area contributed by atoms with Crippen LogP contribution in [-0.2, 0) is 11.2 Å². The van der Waals surface area contributed by atoms with Crippen molar-refractivity contribution < 1.29 is 9.90 Å². The fourth-order valence-corrected chi connectivity index (χ4v) is 2.76. The van der Waals surface area contributed by atoms with Gasteiger partial charge >= 0.3 is 5.97 Å². The molecule has 86 valence electrons. The highest BCUT2D eigenvalue weighted by molar-refractivity contribution is 5.68. The number of benzene rings is 1. The predicted octanol–water partition coefficient (Wildman–Crippen LogP) is 3.14. The number of hydrogen-bond acceptors (Lipinski definition) is 1.